The van der Waals surface area contributed by atoms with Crippen LogP contribution in [0.25, 0.3) is 0 Å². The molecular formula is C47H71N3O5. The van der Waals surface area contributed by atoms with E-state index < -0.39 is 11.4 Å². The molecule has 5 aliphatic carbocycles. The first-order valence-electron chi connectivity index (χ1n) is 21.7. The molecule has 1 aliphatic heterocycles. The molecule has 1 aromatic heterocycles. The van der Waals surface area contributed by atoms with E-state index in [-0.39, 0.29) is 45.6 Å². The van der Waals surface area contributed by atoms with Crippen LogP contribution in [0.3, 0.4) is 0 Å². The number of carbonyl (C=O) groups is 3. The molecule has 1 amide bonds. The monoisotopic (exact) mass is 758 g/mol. The van der Waals surface area contributed by atoms with Crippen molar-refractivity contribution in [2.24, 2.45) is 62.1 Å². The molecule has 1 saturated heterocycles. The Hall–Kier alpha value is -2.74. The van der Waals surface area contributed by atoms with E-state index in [4.69, 9.17) is 4.74 Å². The van der Waals surface area contributed by atoms with E-state index in [2.05, 4.69) is 75.0 Å². The molecule has 0 bridgehead atoms. The number of hydrogen-bond donors (Lipinski definition) is 1. The molecular weight excluding hydrogens is 687 g/mol. The minimum atomic E-state index is -1.14. The number of carboxylic acid groups (broad SMARTS) is 1. The molecule has 304 valence electrons. The first-order valence-corrected chi connectivity index (χ1v) is 21.7. The average Bonchev–Trinajstić information content (AvgIpc) is 3.50. The van der Waals surface area contributed by atoms with Crippen molar-refractivity contribution < 1.29 is 24.2 Å². The number of pyridine rings is 1. The number of aliphatic carboxylic acids is 1. The van der Waals surface area contributed by atoms with Crippen LogP contribution in [0.15, 0.2) is 36.7 Å². The third kappa shape index (κ3) is 6.70. The van der Waals surface area contributed by atoms with E-state index in [0.717, 1.165) is 71.2 Å². The maximum absolute atomic E-state index is 14.3. The third-order valence-corrected chi connectivity index (χ3v) is 18.0. The van der Waals surface area contributed by atoms with Crippen molar-refractivity contribution in [3.8, 4) is 0 Å². The van der Waals surface area contributed by atoms with Gasteiger partial charge in [-0.3, -0.25) is 24.3 Å². The molecule has 0 aromatic carbocycles. The second-order valence-electron chi connectivity index (χ2n) is 21.4. The Morgan fingerprint density at radius 3 is 2.22 bits per heavy atom. The van der Waals surface area contributed by atoms with Gasteiger partial charge in [0.1, 0.15) is 6.10 Å². The molecule has 1 N–H and O–H groups in total. The number of carbonyl (C=O) groups excluding carboxylic acids is 2. The van der Waals surface area contributed by atoms with Crippen LogP contribution in [0.5, 0.6) is 0 Å². The van der Waals surface area contributed by atoms with Crippen LogP contribution in [0.1, 0.15) is 138 Å². The van der Waals surface area contributed by atoms with Gasteiger partial charge in [-0.15, -0.1) is 0 Å². The van der Waals surface area contributed by atoms with Crippen molar-refractivity contribution in [3.05, 3.63) is 42.2 Å². The Morgan fingerprint density at radius 2 is 1.56 bits per heavy atom. The second-order valence-corrected chi connectivity index (χ2v) is 21.4. The van der Waals surface area contributed by atoms with Gasteiger partial charge in [0, 0.05) is 57.0 Å². The van der Waals surface area contributed by atoms with E-state index in [1.807, 2.05) is 12.4 Å². The van der Waals surface area contributed by atoms with Gasteiger partial charge in [0.15, 0.2) is 0 Å². The second kappa shape index (κ2) is 14.3. The number of allylic oxidation sites excluding steroid dienone is 1. The fraction of sp³-hybridized carbons (Fsp3) is 0.787. The molecule has 8 nitrogen and oxygen atoms in total. The number of fused-ring (bicyclic) bond motifs is 7. The predicted octanol–water partition coefficient (Wildman–Crippen LogP) is 9.19. The van der Waals surface area contributed by atoms with E-state index >= 15 is 0 Å². The summed E-state index contributed by atoms with van der Waals surface area (Å²) >= 11 is 0. The van der Waals surface area contributed by atoms with Gasteiger partial charge < -0.3 is 14.7 Å². The van der Waals surface area contributed by atoms with Crippen molar-refractivity contribution in [2.75, 3.05) is 26.2 Å². The number of amides is 1. The first kappa shape index (κ1) is 40.5. The number of rotatable bonds is 9. The Labute approximate surface area is 331 Å². The first-order chi connectivity index (χ1) is 25.8. The maximum Gasteiger partial charge on any atom is 0.309 e. The summed E-state index contributed by atoms with van der Waals surface area (Å²) in [5, 5.41) is 9.64. The predicted molar refractivity (Wildman–Crippen MR) is 216 cm³/mol. The fourth-order valence-corrected chi connectivity index (χ4v) is 14.7. The highest BCUT2D eigenvalue weighted by atomic mass is 16.5. The van der Waals surface area contributed by atoms with Crippen molar-refractivity contribution in [2.45, 2.75) is 145 Å². The highest BCUT2D eigenvalue weighted by Crippen LogP contribution is 2.78. The molecule has 6 aliphatic rings. The zero-order chi connectivity index (χ0) is 39.8. The fourth-order valence-electron chi connectivity index (χ4n) is 14.7. The molecule has 5 saturated carbocycles. The van der Waals surface area contributed by atoms with Crippen LogP contribution in [-0.4, -0.2) is 70.0 Å². The summed E-state index contributed by atoms with van der Waals surface area (Å²) in [6.45, 7) is 27.0. The SMILES string of the molecule is C=C(C)[C@@H]1CC[C@]2(CC(=O)N3CCN(Cc4ccncc4)CC3)CC[C@]3(C)[C@H](CC[C@@H]4[C@@]5(C)CC[C@H](OC(=O)CC(C)(C)C(=O)O)C(C)(C)C5CC[C@]43C)[C@@H]12. The summed E-state index contributed by atoms with van der Waals surface area (Å²) in [5.41, 5.74) is 1.83. The molecule has 0 spiro atoms. The van der Waals surface area contributed by atoms with Crippen molar-refractivity contribution in [3.63, 3.8) is 0 Å². The van der Waals surface area contributed by atoms with Gasteiger partial charge in [-0.25, -0.2) is 0 Å². The number of nitrogens with zero attached hydrogens (tertiary/aromatic N) is 3. The van der Waals surface area contributed by atoms with Gasteiger partial charge in [0.25, 0.3) is 0 Å². The zero-order valence-electron chi connectivity index (χ0n) is 35.4. The van der Waals surface area contributed by atoms with Gasteiger partial charge >= 0.3 is 11.9 Å². The lowest BCUT2D eigenvalue weighted by molar-refractivity contribution is -0.250. The Bertz CT molecular complexity index is 1650. The van der Waals surface area contributed by atoms with Crippen LogP contribution >= 0.6 is 0 Å². The summed E-state index contributed by atoms with van der Waals surface area (Å²) in [7, 11) is 0. The number of piperazine rings is 1. The Morgan fingerprint density at radius 1 is 0.873 bits per heavy atom. The van der Waals surface area contributed by atoms with Crippen LogP contribution in [0.4, 0.5) is 0 Å². The Kier molecular flexibility index (Phi) is 10.5. The van der Waals surface area contributed by atoms with Gasteiger partial charge in [-0.05, 0) is 154 Å². The summed E-state index contributed by atoms with van der Waals surface area (Å²) in [6.07, 6.45) is 15.4. The van der Waals surface area contributed by atoms with Gasteiger partial charge in [-0.1, -0.05) is 46.8 Å². The van der Waals surface area contributed by atoms with Gasteiger partial charge in [0.2, 0.25) is 5.91 Å². The minimum Gasteiger partial charge on any atom is -0.481 e. The maximum atomic E-state index is 14.3. The molecule has 0 radical (unpaired) electrons. The normalized spacial score (nSPS) is 39.9. The van der Waals surface area contributed by atoms with Crippen LogP contribution in [0.2, 0.25) is 0 Å². The standard InChI is InChI=1S/C47H71N3O5/c1-31(2)33-12-19-47(28-38(51)50-26-24-49(25-27-50)30-32-15-22-48-23-16-32)21-20-45(8)34(40(33)47)10-11-36-44(7)17-14-37(55-39(52)29-42(3,4)41(53)54)43(5,6)35(44)13-18-46(36,45)9/h15-16,22-23,33-37,40H,1,10-14,17-21,24-30H2,2-9H3,(H,53,54)/t33-,34+,35?,36+,37-,40+,44-,45+,46+,47+/m0/s1. The molecule has 7 rings (SSSR count). The van der Waals surface area contributed by atoms with Gasteiger partial charge in [-0.2, -0.15) is 0 Å². The topological polar surface area (TPSA) is 100 Å². The summed E-state index contributed by atoms with van der Waals surface area (Å²) in [4.78, 5) is 48.1. The summed E-state index contributed by atoms with van der Waals surface area (Å²) in [6, 6.07) is 4.18. The van der Waals surface area contributed by atoms with E-state index in [0.29, 0.717) is 41.9 Å². The van der Waals surface area contributed by atoms with Gasteiger partial charge in [0.05, 0.1) is 11.8 Å². The highest BCUT2D eigenvalue weighted by molar-refractivity contribution is 5.81. The molecule has 1 aromatic rings. The lowest BCUT2D eigenvalue weighted by atomic mass is 9.32. The number of carboxylic acids is 1. The van der Waals surface area contributed by atoms with Crippen LogP contribution in [0, 0.1) is 62.1 Å². The zero-order valence-corrected chi connectivity index (χ0v) is 35.4. The summed E-state index contributed by atoms with van der Waals surface area (Å²) in [5.74, 6) is 1.60. The molecule has 55 heavy (non-hydrogen) atoms. The van der Waals surface area contributed by atoms with Crippen LogP contribution in [-0.2, 0) is 25.7 Å². The third-order valence-electron chi connectivity index (χ3n) is 18.0. The van der Waals surface area contributed by atoms with Crippen molar-refractivity contribution in [1.29, 1.82) is 0 Å². The minimum absolute atomic E-state index is 0.0580. The number of aromatic nitrogens is 1. The molecule has 10 atom stereocenters. The van der Waals surface area contributed by atoms with E-state index in [1.54, 1.807) is 13.8 Å². The Balaban J connectivity index is 1.07. The smallest absolute Gasteiger partial charge is 0.309 e. The molecule has 6 fully saturated rings. The molecule has 2 heterocycles. The highest BCUT2D eigenvalue weighted by Gasteiger charge is 2.71. The lowest BCUT2D eigenvalue weighted by Gasteiger charge is -2.73. The van der Waals surface area contributed by atoms with E-state index in [1.165, 1.54) is 36.8 Å². The van der Waals surface area contributed by atoms with E-state index in [9.17, 15) is 19.5 Å². The summed E-state index contributed by atoms with van der Waals surface area (Å²) < 4.78 is 6.20. The largest absolute Gasteiger partial charge is 0.481 e. The number of hydrogen-bond acceptors (Lipinski definition) is 6. The van der Waals surface area contributed by atoms with Crippen molar-refractivity contribution in [1.82, 2.24) is 14.8 Å². The van der Waals surface area contributed by atoms with Crippen LogP contribution < -0.4 is 0 Å². The molecule has 1 unspecified atom stereocenters. The quantitative estimate of drug-likeness (QED) is 0.198. The molecule has 8 heteroatoms. The van der Waals surface area contributed by atoms with Crippen molar-refractivity contribution >= 4 is 17.8 Å². The lowest BCUT2D eigenvalue weighted by Crippen LogP contribution is -2.67. The number of esters is 1. The average molecular weight is 758 g/mol. The number of ether oxygens (including phenoxy) is 1.